The first-order valence-corrected chi connectivity index (χ1v) is 7.57. The third-order valence-corrected chi connectivity index (χ3v) is 4.51. The molecular weight excluding hydrogens is 256 g/mol. The Morgan fingerprint density at radius 1 is 1.35 bits per heavy atom. The molecule has 1 N–H and O–H groups in total. The minimum Gasteiger partial charge on any atom is -0.394 e. The topological polar surface area (TPSA) is 71.2 Å². The van der Waals surface area contributed by atoms with Crippen LogP contribution in [0.4, 0.5) is 0 Å². The zero-order chi connectivity index (χ0) is 13.9. The van der Waals surface area contributed by atoms with E-state index in [4.69, 9.17) is 5.11 Å². The third kappa shape index (κ3) is 2.57. The Kier molecular flexibility index (Phi) is 4.00. The summed E-state index contributed by atoms with van der Waals surface area (Å²) in [5.74, 6) is 1.75. The summed E-state index contributed by atoms with van der Waals surface area (Å²) in [6, 6.07) is 0. The van der Waals surface area contributed by atoms with Gasteiger partial charge in [-0.2, -0.15) is 5.10 Å². The van der Waals surface area contributed by atoms with Gasteiger partial charge in [0.25, 0.3) is 0 Å². The average Bonchev–Trinajstić information content (AvgIpc) is 2.85. The Balaban J connectivity index is 1.67. The van der Waals surface area contributed by atoms with Gasteiger partial charge in [-0.1, -0.05) is 6.42 Å². The van der Waals surface area contributed by atoms with Crippen LogP contribution < -0.4 is 0 Å². The number of hydrogen-bond acceptors (Lipinski definition) is 4. The molecular formula is C14H22N4O2. The van der Waals surface area contributed by atoms with Gasteiger partial charge in [-0.3, -0.25) is 4.79 Å². The van der Waals surface area contributed by atoms with E-state index in [1.807, 2.05) is 4.90 Å². The van der Waals surface area contributed by atoms with Crippen molar-refractivity contribution in [3.05, 3.63) is 12.2 Å². The standard InChI is InChI=1S/C14H22N4O2/c19-8-7-18-13(15-10-16-18)12-5-2-6-17(9-12)14(20)11-3-1-4-11/h10-12,19H,1-9H2. The summed E-state index contributed by atoms with van der Waals surface area (Å²) >= 11 is 0. The lowest BCUT2D eigenvalue weighted by Crippen LogP contribution is -2.44. The quantitative estimate of drug-likeness (QED) is 0.883. The minimum atomic E-state index is 0.0633. The highest BCUT2D eigenvalue weighted by molar-refractivity contribution is 5.79. The Morgan fingerprint density at radius 2 is 2.20 bits per heavy atom. The van der Waals surface area contributed by atoms with Crippen molar-refractivity contribution in [3.63, 3.8) is 0 Å². The van der Waals surface area contributed by atoms with E-state index < -0.39 is 0 Å². The van der Waals surface area contributed by atoms with Gasteiger partial charge in [-0.05, 0) is 25.7 Å². The molecule has 2 heterocycles. The van der Waals surface area contributed by atoms with Gasteiger partial charge in [0.05, 0.1) is 13.2 Å². The van der Waals surface area contributed by atoms with E-state index in [1.165, 1.54) is 12.7 Å². The van der Waals surface area contributed by atoms with Gasteiger partial charge in [-0.15, -0.1) is 0 Å². The smallest absolute Gasteiger partial charge is 0.225 e. The molecule has 0 spiro atoms. The van der Waals surface area contributed by atoms with E-state index in [9.17, 15) is 4.79 Å². The van der Waals surface area contributed by atoms with Gasteiger partial charge in [0.1, 0.15) is 12.2 Å². The van der Waals surface area contributed by atoms with Crippen LogP contribution in [0.2, 0.25) is 0 Å². The molecule has 1 atom stereocenters. The zero-order valence-electron chi connectivity index (χ0n) is 11.7. The molecule has 1 aliphatic heterocycles. The highest BCUT2D eigenvalue weighted by Crippen LogP contribution is 2.32. The first-order valence-electron chi connectivity index (χ1n) is 7.57. The Bertz CT molecular complexity index is 469. The van der Waals surface area contributed by atoms with E-state index in [0.717, 1.165) is 44.6 Å². The number of likely N-dealkylation sites (tertiary alicyclic amines) is 1. The van der Waals surface area contributed by atoms with Crippen molar-refractivity contribution in [1.82, 2.24) is 19.7 Å². The summed E-state index contributed by atoms with van der Waals surface area (Å²) in [5, 5.41) is 13.2. The van der Waals surface area contributed by atoms with Gasteiger partial charge in [0.15, 0.2) is 0 Å². The first-order chi connectivity index (χ1) is 9.79. The number of piperidine rings is 1. The number of carbonyl (C=O) groups is 1. The normalized spacial score (nSPS) is 23.6. The SMILES string of the molecule is O=C(C1CCC1)N1CCCC(c2ncnn2CCO)C1. The lowest BCUT2D eigenvalue weighted by atomic mass is 9.83. The maximum absolute atomic E-state index is 12.3. The van der Waals surface area contributed by atoms with Crippen LogP contribution in [0, 0.1) is 5.92 Å². The summed E-state index contributed by atoms with van der Waals surface area (Å²) in [4.78, 5) is 18.7. The van der Waals surface area contributed by atoms with Crippen molar-refractivity contribution in [2.24, 2.45) is 5.92 Å². The first kappa shape index (κ1) is 13.5. The van der Waals surface area contributed by atoms with E-state index in [0.29, 0.717) is 12.5 Å². The monoisotopic (exact) mass is 278 g/mol. The maximum atomic E-state index is 12.3. The summed E-state index contributed by atoms with van der Waals surface area (Å²) in [5.41, 5.74) is 0. The molecule has 2 fully saturated rings. The zero-order valence-corrected chi connectivity index (χ0v) is 11.7. The van der Waals surface area contributed by atoms with Crippen molar-refractivity contribution in [1.29, 1.82) is 0 Å². The number of aliphatic hydroxyl groups is 1. The Morgan fingerprint density at radius 3 is 2.90 bits per heavy atom. The molecule has 3 rings (SSSR count). The largest absolute Gasteiger partial charge is 0.394 e. The summed E-state index contributed by atoms with van der Waals surface area (Å²) in [7, 11) is 0. The number of aromatic nitrogens is 3. The fourth-order valence-corrected chi connectivity index (χ4v) is 3.16. The minimum absolute atomic E-state index is 0.0633. The second kappa shape index (κ2) is 5.91. The third-order valence-electron chi connectivity index (χ3n) is 4.51. The predicted molar refractivity (Wildman–Crippen MR) is 73.0 cm³/mol. The Hall–Kier alpha value is -1.43. The molecule has 2 aliphatic rings. The van der Waals surface area contributed by atoms with E-state index in [2.05, 4.69) is 10.1 Å². The van der Waals surface area contributed by atoms with Crippen molar-refractivity contribution in [3.8, 4) is 0 Å². The van der Waals surface area contributed by atoms with Crippen molar-refractivity contribution < 1.29 is 9.90 Å². The van der Waals surface area contributed by atoms with E-state index in [-0.39, 0.29) is 18.4 Å². The molecule has 1 saturated heterocycles. The molecule has 1 aliphatic carbocycles. The second-order valence-electron chi connectivity index (χ2n) is 5.82. The van der Waals surface area contributed by atoms with Gasteiger partial charge >= 0.3 is 0 Å². The number of carbonyl (C=O) groups excluding carboxylic acids is 1. The van der Waals surface area contributed by atoms with Crippen molar-refractivity contribution >= 4 is 5.91 Å². The molecule has 1 aromatic heterocycles. The molecule has 1 aromatic rings. The van der Waals surface area contributed by atoms with Gasteiger partial charge in [0, 0.05) is 24.9 Å². The lowest BCUT2D eigenvalue weighted by Gasteiger charge is -2.37. The molecule has 20 heavy (non-hydrogen) atoms. The van der Waals surface area contributed by atoms with Crippen LogP contribution in [0.1, 0.15) is 43.8 Å². The second-order valence-corrected chi connectivity index (χ2v) is 5.82. The number of rotatable bonds is 4. The molecule has 1 unspecified atom stereocenters. The predicted octanol–water partition coefficient (Wildman–Crippen LogP) is 0.777. The van der Waals surface area contributed by atoms with E-state index >= 15 is 0 Å². The van der Waals surface area contributed by atoms with E-state index in [1.54, 1.807) is 4.68 Å². The Labute approximate surface area is 118 Å². The molecule has 0 radical (unpaired) electrons. The van der Waals surface area contributed by atoms with Crippen LogP contribution in [0.3, 0.4) is 0 Å². The molecule has 6 heteroatoms. The molecule has 1 amide bonds. The van der Waals surface area contributed by atoms with Gasteiger partial charge in [-0.25, -0.2) is 9.67 Å². The van der Waals surface area contributed by atoms with Gasteiger partial charge < -0.3 is 10.0 Å². The molecule has 0 aromatic carbocycles. The van der Waals surface area contributed by atoms with Gasteiger partial charge in [0.2, 0.25) is 5.91 Å². The molecule has 6 nitrogen and oxygen atoms in total. The summed E-state index contributed by atoms with van der Waals surface area (Å²) < 4.78 is 1.77. The number of amides is 1. The van der Waals surface area contributed by atoms with Crippen LogP contribution in [0.15, 0.2) is 6.33 Å². The van der Waals surface area contributed by atoms with Crippen molar-refractivity contribution in [2.45, 2.75) is 44.6 Å². The highest BCUT2D eigenvalue weighted by atomic mass is 16.3. The lowest BCUT2D eigenvalue weighted by molar-refractivity contribution is -0.139. The fraction of sp³-hybridized carbons (Fsp3) is 0.786. The molecule has 0 bridgehead atoms. The summed E-state index contributed by atoms with van der Waals surface area (Å²) in [6.45, 7) is 2.16. The number of nitrogens with zero attached hydrogens (tertiary/aromatic N) is 4. The average molecular weight is 278 g/mol. The van der Waals surface area contributed by atoms with Crippen molar-refractivity contribution in [2.75, 3.05) is 19.7 Å². The van der Waals surface area contributed by atoms with Crippen LogP contribution in [-0.2, 0) is 11.3 Å². The van der Waals surface area contributed by atoms with Crippen LogP contribution in [0.5, 0.6) is 0 Å². The highest BCUT2D eigenvalue weighted by Gasteiger charge is 2.33. The van der Waals surface area contributed by atoms with Crippen LogP contribution in [0.25, 0.3) is 0 Å². The number of aliphatic hydroxyl groups excluding tert-OH is 1. The molecule has 1 saturated carbocycles. The van der Waals surface area contributed by atoms with Crippen LogP contribution >= 0.6 is 0 Å². The molecule has 110 valence electrons. The maximum Gasteiger partial charge on any atom is 0.225 e. The van der Waals surface area contributed by atoms with Crippen LogP contribution in [-0.4, -0.2) is 50.4 Å². The summed E-state index contributed by atoms with van der Waals surface area (Å²) in [6.07, 6.45) is 6.91. The fourth-order valence-electron chi connectivity index (χ4n) is 3.16. The number of hydrogen-bond donors (Lipinski definition) is 1.